The zero-order valence-electron chi connectivity index (χ0n) is 21.5. The second-order valence-electron chi connectivity index (χ2n) is 11.5. The molecule has 1 spiro atoms. The monoisotopic (exact) mass is 536 g/mol. The van der Waals surface area contributed by atoms with Crippen molar-refractivity contribution in [2.45, 2.75) is 57.0 Å². The molecule has 39 heavy (non-hydrogen) atoms. The number of benzene rings is 2. The van der Waals surface area contributed by atoms with Gasteiger partial charge < -0.3 is 15.0 Å². The number of hydrogen-bond acceptors (Lipinski definition) is 4. The van der Waals surface area contributed by atoms with Gasteiger partial charge in [0.1, 0.15) is 17.2 Å². The molecule has 3 aromatic rings. The molecule has 5 nitrogen and oxygen atoms in total. The van der Waals surface area contributed by atoms with Gasteiger partial charge in [0.2, 0.25) is 5.91 Å². The first-order valence-corrected chi connectivity index (χ1v) is 13.5. The molecule has 204 valence electrons. The summed E-state index contributed by atoms with van der Waals surface area (Å²) < 4.78 is 52.6. The van der Waals surface area contributed by atoms with Gasteiger partial charge in [0, 0.05) is 17.0 Å². The van der Waals surface area contributed by atoms with Crippen LogP contribution in [0.1, 0.15) is 66.9 Å². The highest BCUT2D eigenvalue weighted by Gasteiger charge is 2.52. The lowest BCUT2D eigenvalue weighted by molar-refractivity contribution is -0.137. The standard InChI is InChI=1S/C31H31F3N2O3/c32-31(33,34)26-4-2-1-3-24(26)28-25(29(39-36-28)22-8-9-22)12-7-20-14-30(15-20)16-21(17-30)18-38-23-10-5-19(6-11-23)13-27(35)37/h1-7,10-12,20-22H,8-9,13-18H2,(H2,35,37). The van der Waals surface area contributed by atoms with Crippen LogP contribution in [0.15, 0.2) is 59.1 Å². The zero-order chi connectivity index (χ0) is 27.2. The smallest absolute Gasteiger partial charge is 0.417 e. The maximum absolute atomic E-state index is 13.7. The van der Waals surface area contributed by atoms with Crippen LogP contribution >= 0.6 is 0 Å². The maximum Gasteiger partial charge on any atom is 0.417 e. The second kappa shape index (κ2) is 9.88. The van der Waals surface area contributed by atoms with Crippen molar-refractivity contribution in [3.8, 4) is 17.0 Å². The molecule has 1 heterocycles. The highest BCUT2D eigenvalue weighted by Crippen LogP contribution is 2.61. The van der Waals surface area contributed by atoms with E-state index in [1.54, 1.807) is 6.07 Å². The van der Waals surface area contributed by atoms with Crippen LogP contribution in [0, 0.1) is 17.3 Å². The van der Waals surface area contributed by atoms with Gasteiger partial charge in [-0.15, -0.1) is 0 Å². The van der Waals surface area contributed by atoms with Crippen molar-refractivity contribution in [1.82, 2.24) is 5.16 Å². The number of carbonyl (C=O) groups is 1. The summed E-state index contributed by atoms with van der Waals surface area (Å²) in [4.78, 5) is 11.0. The number of nitrogens with two attached hydrogens (primary N) is 1. The predicted molar refractivity (Wildman–Crippen MR) is 141 cm³/mol. The van der Waals surface area contributed by atoms with Crippen LogP contribution in [-0.4, -0.2) is 17.7 Å². The van der Waals surface area contributed by atoms with Gasteiger partial charge >= 0.3 is 6.18 Å². The van der Waals surface area contributed by atoms with Crippen LogP contribution in [0.2, 0.25) is 0 Å². The molecule has 0 atom stereocenters. The summed E-state index contributed by atoms with van der Waals surface area (Å²) in [6, 6.07) is 13.0. The fourth-order valence-corrected chi connectivity index (χ4v) is 6.40. The maximum atomic E-state index is 13.7. The lowest BCUT2D eigenvalue weighted by Gasteiger charge is -2.57. The van der Waals surface area contributed by atoms with Crippen molar-refractivity contribution >= 4 is 12.0 Å². The molecule has 0 radical (unpaired) electrons. The molecule has 0 aliphatic heterocycles. The van der Waals surface area contributed by atoms with E-state index in [2.05, 4.69) is 11.2 Å². The molecular weight excluding hydrogens is 505 g/mol. The van der Waals surface area contributed by atoms with Crippen LogP contribution < -0.4 is 10.5 Å². The van der Waals surface area contributed by atoms with Gasteiger partial charge in [0.25, 0.3) is 0 Å². The van der Waals surface area contributed by atoms with E-state index in [4.69, 9.17) is 15.0 Å². The third-order valence-electron chi connectivity index (χ3n) is 8.35. The number of allylic oxidation sites excluding steroid dienone is 1. The highest BCUT2D eigenvalue weighted by atomic mass is 19.4. The van der Waals surface area contributed by atoms with E-state index in [-0.39, 0.29) is 29.5 Å². The highest BCUT2D eigenvalue weighted by molar-refractivity contribution is 5.77. The normalized spacial score (nSPS) is 24.5. The summed E-state index contributed by atoms with van der Waals surface area (Å²) in [5.74, 6) is 2.30. The third kappa shape index (κ3) is 5.47. The van der Waals surface area contributed by atoms with Gasteiger partial charge in [-0.3, -0.25) is 4.79 Å². The first-order valence-electron chi connectivity index (χ1n) is 13.5. The second-order valence-corrected chi connectivity index (χ2v) is 11.5. The number of aromatic nitrogens is 1. The molecular formula is C31H31F3N2O3. The van der Waals surface area contributed by atoms with Crippen LogP contribution in [0.4, 0.5) is 13.2 Å². The van der Waals surface area contributed by atoms with Gasteiger partial charge in [0.15, 0.2) is 0 Å². The summed E-state index contributed by atoms with van der Waals surface area (Å²) >= 11 is 0. The average Bonchev–Trinajstić information content (AvgIpc) is 3.61. The van der Waals surface area contributed by atoms with Gasteiger partial charge in [-0.05, 0) is 79.5 Å². The Morgan fingerprint density at radius 3 is 2.46 bits per heavy atom. The summed E-state index contributed by atoms with van der Waals surface area (Å²) in [7, 11) is 0. The Labute approximate surface area is 225 Å². The minimum atomic E-state index is -4.46. The Hall–Kier alpha value is -3.55. The number of halogens is 3. The molecule has 3 fully saturated rings. The zero-order valence-corrected chi connectivity index (χ0v) is 21.5. The number of primary amides is 1. The summed E-state index contributed by atoms with van der Waals surface area (Å²) in [6.45, 7) is 0.671. The summed E-state index contributed by atoms with van der Waals surface area (Å²) in [6.07, 6.45) is 6.22. The van der Waals surface area contributed by atoms with Crippen LogP contribution in [0.3, 0.4) is 0 Å². The van der Waals surface area contributed by atoms with E-state index in [1.807, 2.05) is 30.3 Å². The fourth-order valence-electron chi connectivity index (χ4n) is 6.40. The number of rotatable bonds is 9. The van der Waals surface area contributed by atoms with Crippen molar-refractivity contribution in [2.24, 2.45) is 23.0 Å². The van der Waals surface area contributed by atoms with Crippen LogP contribution in [0.5, 0.6) is 5.75 Å². The molecule has 0 bridgehead atoms. The number of ether oxygens (including phenoxy) is 1. The number of amides is 1. The van der Waals surface area contributed by atoms with Crippen molar-refractivity contribution in [3.63, 3.8) is 0 Å². The van der Waals surface area contributed by atoms with E-state index >= 15 is 0 Å². The third-order valence-corrected chi connectivity index (χ3v) is 8.35. The average molecular weight is 537 g/mol. The van der Waals surface area contributed by atoms with Crippen molar-refractivity contribution in [2.75, 3.05) is 6.61 Å². The predicted octanol–water partition coefficient (Wildman–Crippen LogP) is 7.16. The van der Waals surface area contributed by atoms with Crippen LogP contribution in [-0.2, 0) is 17.4 Å². The van der Waals surface area contributed by atoms with E-state index in [0.717, 1.165) is 55.9 Å². The number of nitrogens with zero attached hydrogens (tertiary/aromatic N) is 1. The SMILES string of the molecule is NC(=O)Cc1ccc(OCC2CC3(CC(C=Cc4c(-c5ccccc5C(F)(F)F)noc4C4CC4)C3)C2)cc1. The van der Waals surface area contributed by atoms with Crippen molar-refractivity contribution in [1.29, 1.82) is 0 Å². The van der Waals surface area contributed by atoms with Gasteiger partial charge in [-0.25, -0.2) is 0 Å². The molecule has 2 aromatic carbocycles. The van der Waals surface area contributed by atoms with Crippen molar-refractivity contribution < 1.29 is 27.2 Å². The molecule has 2 N–H and O–H groups in total. The topological polar surface area (TPSA) is 78.4 Å². The van der Waals surface area contributed by atoms with Crippen molar-refractivity contribution in [3.05, 3.63) is 77.1 Å². The lowest BCUT2D eigenvalue weighted by atomic mass is 9.48. The molecule has 3 saturated carbocycles. The van der Waals surface area contributed by atoms with Gasteiger partial charge in [-0.1, -0.05) is 47.6 Å². The number of alkyl halides is 3. The molecule has 1 aromatic heterocycles. The summed E-state index contributed by atoms with van der Waals surface area (Å²) in [5.41, 5.74) is 6.81. The Morgan fingerprint density at radius 1 is 1.08 bits per heavy atom. The lowest BCUT2D eigenvalue weighted by Crippen LogP contribution is -2.48. The Bertz CT molecular complexity index is 1370. The van der Waals surface area contributed by atoms with E-state index in [1.165, 1.54) is 12.1 Å². The molecule has 0 unspecified atom stereocenters. The molecule has 8 heteroatoms. The summed E-state index contributed by atoms with van der Waals surface area (Å²) in [5, 5.41) is 4.11. The van der Waals surface area contributed by atoms with Gasteiger partial charge in [-0.2, -0.15) is 13.2 Å². The molecule has 0 saturated heterocycles. The minimum absolute atomic E-state index is 0.0646. The first-order chi connectivity index (χ1) is 18.7. The molecule has 6 rings (SSSR count). The number of carbonyl (C=O) groups excluding carboxylic acids is 1. The van der Waals surface area contributed by atoms with E-state index in [9.17, 15) is 18.0 Å². The quantitative estimate of drug-likeness (QED) is 0.315. The Balaban J connectivity index is 1.06. The largest absolute Gasteiger partial charge is 0.493 e. The Kier molecular flexibility index (Phi) is 6.52. The minimum Gasteiger partial charge on any atom is -0.493 e. The molecule has 1 amide bonds. The first kappa shape index (κ1) is 25.7. The van der Waals surface area contributed by atoms with E-state index in [0.29, 0.717) is 35.2 Å². The Morgan fingerprint density at radius 2 is 1.79 bits per heavy atom. The molecule has 3 aliphatic rings. The van der Waals surface area contributed by atoms with E-state index < -0.39 is 11.7 Å². The number of hydrogen-bond donors (Lipinski definition) is 1. The fraction of sp³-hybridized carbons (Fsp3) is 0.419. The van der Waals surface area contributed by atoms with Crippen LogP contribution in [0.25, 0.3) is 17.3 Å². The van der Waals surface area contributed by atoms with Gasteiger partial charge in [0.05, 0.1) is 18.6 Å². The molecule has 3 aliphatic carbocycles.